The third-order valence-corrected chi connectivity index (χ3v) is 4.69. The summed E-state index contributed by atoms with van der Waals surface area (Å²) in [6, 6.07) is 13.5. The Balaban J connectivity index is 1.71. The Morgan fingerprint density at radius 1 is 1.12 bits per heavy atom. The molecule has 25 heavy (non-hydrogen) atoms. The summed E-state index contributed by atoms with van der Waals surface area (Å²) in [4.78, 5) is 12.2. The number of hydrogen-bond acceptors (Lipinski definition) is 7. The van der Waals surface area contributed by atoms with Crippen LogP contribution in [0.15, 0.2) is 57.7 Å². The molecule has 2 heterocycles. The quantitative estimate of drug-likeness (QED) is 0.518. The fourth-order valence-corrected chi connectivity index (χ4v) is 3.25. The van der Waals surface area contributed by atoms with Crippen LogP contribution in [0.1, 0.15) is 0 Å². The van der Waals surface area contributed by atoms with Crippen molar-refractivity contribution in [1.82, 2.24) is 10.2 Å². The van der Waals surface area contributed by atoms with Gasteiger partial charge in [0.1, 0.15) is 11.3 Å². The van der Waals surface area contributed by atoms with Gasteiger partial charge in [-0.25, -0.2) is 4.79 Å². The monoisotopic (exact) mass is 371 g/mol. The van der Waals surface area contributed by atoms with E-state index in [0.29, 0.717) is 37.4 Å². The van der Waals surface area contributed by atoms with E-state index in [-0.39, 0.29) is 5.75 Å². The molecule has 0 unspecified atom stereocenters. The molecule has 2 N–H and O–H groups in total. The van der Waals surface area contributed by atoms with Crippen molar-refractivity contribution in [3.63, 3.8) is 0 Å². The summed E-state index contributed by atoms with van der Waals surface area (Å²) in [6.45, 7) is 0. The molecule has 0 aliphatic heterocycles. The van der Waals surface area contributed by atoms with Gasteiger partial charge in [0.05, 0.1) is 16.3 Å². The van der Waals surface area contributed by atoms with Gasteiger partial charge in [-0.1, -0.05) is 35.1 Å². The van der Waals surface area contributed by atoms with Crippen molar-refractivity contribution >= 4 is 44.7 Å². The van der Waals surface area contributed by atoms with E-state index < -0.39 is 5.63 Å². The van der Waals surface area contributed by atoms with Gasteiger partial charge in [-0.2, -0.15) is 0 Å². The highest BCUT2D eigenvalue weighted by Gasteiger charge is 2.14. The highest BCUT2D eigenvalue weighted by Crippen LogP contribution is 2.31. The largest absolute Gasteiger partial charge is 0.508 e. The van der Waals surface area contributed by atoms with Crippen molar-refractivity contribution in [3.05, 3.63) is 64.0 Å². The summed E-state index contributed by atoms with van der Waals surface area (Å²) in [5.41, 5.74) is 0.780. The first-order valence-electron chi connectivity index (χ1n) is 7.22. The Morgan fingerprint density at radius 3 is 2.80 bits per heavy atom. The Bertz CT molecular complexity index is 1140. The highest BCUT2D eigenvalue weighted by molar-refractivity contribution is 7.18. The molecule has 0 radical (unpaired) electrons. The molecule has 0 amide bonds. The van der Waals surface area contributed by atoms with Crippen LogP contribution in [-0.2, 0) is 0 Å². The lowest BCUT2D eigenvalue weighted by atomic mass is 10.2. The van der Waals surface area contributed by atoms with E-state index in [4.69, 9.17) is 16.0 Å². The second-order valence-corrected chi connectivity index (χ2v) is 6.57. The molecule has 0 bridgehead atoms. The zero-order valence-corrected chi connectivity index (χ0v) is 14.1. The van der Waals surface area contributed by atoms with Crippen LogP contribution in [0, 0.1) is 0 Å². The van der Waals surface area contributed by atoms with Gasteiger partial charge in [0, 0.05) is 11.5 Å². The van der Waals surface area contributed by atoms with E-state index >= 15 is 0 Å². The molecule has 6 nitrogen and oxygen atoms in total. The molecule has 2 aromatic carbocycles. The van der Waals surface area contributed by atoms with Crippen LogP contribution in [-0.4, -0.2) is 15.3 Å². The van der Waals surface area contributed by atoms with Crippen LogP contribution >= 0.6 is 22.9 Å². The number of nitrogens with zero attached hydrogens (tertiary/aromatic N) is 2. The average Bonchev–Trinajstić information content (AvgIpc) is 3.04. The molecule has 0 aliphatic rings. The molecule has 0 fully saturated rings. The second-order valence-electron chi connectivity index (χ2n) is 5.19. The number of aromatic nitrogens is 2. The van der Waals surface area contributed by atoms with Gasteiger partial charge >= 0.3 is 5.63 Å². The lowest BCUT2D eigenvalue weighted by Crippen LogP contribution is -2.02. The number of rotatable bonds is 3. The minimum absolute atomic E-state index is 0.0329. The van der Waals surface area contributed by atoms with E-state index in [2.05, 4.69) is 15.5 Å². The third-order valence-electron chi connectivity index (χ3n) is 3.49. The van der Waals surface area contributed by atoms with Gasteiger partial charge in [0.15, 0.2) is 5.01 Å². The van der Waals surface area contributed by atoms with Gasteiger partial charge in [-0.05, 0) is 30.3 Å². The van der Waals surface area contributed by atoms with Crippen molar-refractivity contribution in [2.75, 3.05) is 5.32 Å². The number of nitrogens with one attached hydrogen (secondary N) is 1. The summed E-state index contributed by atoms with van der Waals surface area (Å²) in [5, 5.41) is 22.8. The third kappa shape index (κ3) is 3.07. The van der Waals surface area contributed by atoms with Crippen LogP contribution in [0.5, 0.6) is 5.75 Å². The summed E-state index contributed by atoms with van der Waals surface area (Å²) < 4.78 is 5.26. The van der Waals surface area contributed by atoms with Crippen molar-refractivity contribution in [1.29, 1.82) is 0 Å². The predicted octanol–water partition coefficient (Wildman–Crippen LogP) is 4.41. The zero-order chi connectivity index (χ0) is 17.4. The molecular weight excluding hydrogens is 362 g/mol. The average molecular weight is 372 g/mol. The summed E-state index contributed by atoms with van der Waals surface area (Å²) >= 11 is 7.32. The van der Waals surface area contributed by atoms with E-state index in [1.165, 1.54) is 23.5 Å². The molecule has 2 aromatic heterocycles. The number of hydrogen-bond donors (Lipinski definition) is 2. The molecule has 4 rings (SSSR count). The smallest absolute Gasteiger partial charge is 0.346 e. The van der Waals surface area contributed by atoms with Gasteiger partial charge in [-0.3, -0.25) is 0 Å². The van der Waals surface area contributed by atoms with Crippen LogP contribution in [0.4, 0.5) is 10.8 Å². The Labute approximate surface area is 150 Å². The normalized spacial score (nSPS) is 10.9. The molecule has 124 valence electrons. The lowest BCUT2D eigenvalue weighted by Gasteiger charge is -2.03. The van der Waals surface area contributed by atoms with E-state index in [1.54, 1.807) is 18.2 Å². The maximum Gasteiger partial charge on any atom is 0.346 e. The number of phenolic OH excluding ortho intramolecular Hbond substituents is 1. The van der Waals surface area contributed by atoms with Crippen LogP contribution in [0.3, 0.4) is 0 Å². The maximum absolute atomic E-state index is 12.2. The summed E-state index contributed by atoms with van der Waals surface area (Å²) in [7, 11) is 0. The Hall–Kier alpha value is -2.90. The first-order chi connectivity index (χ1) is 12.1. The van der Waals surface area contributed by atoms with Gasteiger partial charge in [0.25, 0.3) is 0 Å². The van der Waals surface area contributed by atoms with Crippen LogP contribution < -0.4 is 10.9 Å². The molecule has 0 atom stereocenters. The molecule has 0 saturated carbocycles. The number of phenols is 1. The Kier molecular flexibility index (Phi) is 3.87. The van der Waals surface area contributed by atoms with Crippen molar-refractivity contribution in [2.24, 2.45) is 0 Å². The summed E-state index contributed by atoms with van der Waals surface area (Å²) in [6.07, 6.45) is 0. The molecule has 0 saturated heterocycles. The minimum Gasteiger partial charge on any atom is -0.508 e. The highest BCUT2D eigenvalue weighted by atomic mass is 35.5. The first-order valence-corrected chi connectivity index (χ1v) is 8.42. The van der Waals surface area contributed by atoms with E-state index in [9.17, 15) is 9.90 Å². The predicted molar refractivity (Wildman–Crippen MR) is 97.8 cm³/mol. The fraction of sp³-hybridized carbons (Fsp3) is 0. The van der Waals surface area contributed by atoms with Crippen molar-refractivity contribution in [3.8, 4) is 16.3 Å². The molecule has 4 aromatic rings. The van der Waals surface area contributed by atoms with Gasteiger partial charge < -0.3 is 14.8 Å². The lowest BCUT2D eigenvalue weighted by molar-refractivity contribution is 0.473. The van der Waals surface area contributed by atoms with Gasteiger partial charge in [-0.15, -0.1) is 10.2 Å². The standard InChI is InChI=1S/C17H10ClN3O3S/c18-12-3-1-2-4-13(12)19-17-21-20-15(25-17)11-7-9-5-6-10(22)8-14(9)24-16(11)23/h1-8,22H,(H,19,21). The molecule has 0 aliphatic carbocycles. The number of para-hydroxylation sites is 1. The van der Waals surface area contributed by atoms with E-state index in [1.807, 2.05) is 18.2 Å². The molecule has 8 heteroatoms. The van der Waals surface area contributed by atoms with Crippen molar-refractivity contribution in [2.45, 2.75) is 0 Å². The number of aromatic hydroxyl groups is 1. The molecule has 0 spiro atoms. The number of halogens is 1. The van der Waals surface area contributed by atoms with Crippen LogP contribution in [0.2, 0.25) is 5.02 Å². The minimum atomic E-state index is -0.543. The van der Waals surface area contributed by atoms with E-state index in [0.717, 1.165) is 0 Å². The SMILES string of the molecule is O=c1oc2cc(O)ccc2cc1-c1nnc(Nc2ccccc2Cl)s1. The number of benzene rings is 2. The maximum atomic E-state index is 12.2. The fourth-order valence-electron chi connectivity index (χ4n) is 2.31. The first kappa shape index (κ1) is 15.6. The summed E-state index contributed by atoms with van der Waals surface area (Å²) in [5.74, 6) is 0.0329. The van der Waals surface area contributed by atoms with Gasteiger partial charge in [0.2, 0.25) is 5.13 Å². The topological polar surface area (TPSA) is 88.2 Å². The number of anilines is 2. The number of fused-ring (bicyclic) bond motifs is 1. The van der Waals surface area contributed by atoms with Crippen LogP contribution in [0.25, 0.3) is 21.5 Å². The Morgan fingerprint density at radius 2 is 1.96 bits per heavy atom. The van der Waals surface area contributed by atoms with Crippen molar-refractivity contribution < 1.29 is 9.52 Å². The molecular formula is C17H10ClN3O3S. The zero-order valence-electron chi connectivity index (χ0n) is 12.6. The second kappa shape index (κ2) is 6.19.